The maximum Gasteiger partial charge on any atom is 0.123 e. The van der Waals surface area contributed by atoms with Gasteiger partial charge in [0.05, 0.1) is 12.1 Å². The molecule has 1 aromatic carbocycles. The van der Waals surface area contributed by atoms with Crippen LogP contribution < -0.4 is 0 Å². The van der Waals surface area contributed by atoms with Crippen molar-refractivity contribution in [2.24, 2.45) is 0 Å². The van der Waals surface area contributed by atoms with Gasteiger partial charge in [-0.3, -0.25) is 9.58 Å². The summed E-state index contributed by atoms with van der Waals surface area (Å²) in [7, 11) is 0. The molecule has 19 heavy (non-hydrogen) atoms. The molecule has 3 rings (SSSR count). The molecular weight excluding hydrogens is 245 g/mol. The van der Waals surface area contributed by atoms with Gasteiger partial charge in [-0.1, -0.05) is 12.1 Å². The number of hydrogen-bond donors (Lipinski definition) is 1. The minimum absolute atomic E-state index is 0.311. The number of likely N-dealkylation sites (tertiary alicyclic amines) is 1. The predicted molar refractivity (Wildman–Crippen MR) is 69.1 cm³/mol. The molecule has 0 unspecified atom stereocenters. The van der Waals surface area contributed by atoms with Crippen LogP contribution in [0.1, 0.15) is 17.7 Å². The zero-order valence-electron chi connectivity index (χ0n) is 10.5. The fourth-order valence-corrected chi connectivity index (χ4v) is 2.42. The molecule has 1 aliphatic heterocycles. The van der Waals surface area contributed by atoms with E-state index >= 15 is 0 Å². The normalized spacial score (nSPS) is 18.2. The monoisotopic (exact) mass is 261 g/mol. The highest BCUT2D eigenvalue weighted by Gasteiger charge is 2.29. The van der Waals surface area contributed by atoms with E-state index in [1.165, 1.54) is 12.1 Å². The van der Waals surface area contributed by atoms with Crippen molar-refractivity contribution in [1.29, 1.82) is 0 Å². The van der Waals surface area contributed by atoms with E-state index in [1.54, 1.807) is 18.3 Å². The third kappa shape index (κ3) is 2.67. The molecule has 1 fully saturated rings. The smallest absolute Gasteiger partial charge is 0.123 e. The van der Waals surface area contributed by atoms with Crippen molar-refractivity contribution in [3.8, 4) is 0 Å². The van der Waals surface area contributed by atoms with Gasteiger partial charge in [-0.15, -0.1) is 0 Å². The summed E-state index contributed by atoms with van der Waals surface area (Å²) in [4.78, 5) is 2.14. The fraction of sp³-hybridized carbons (Fsp3) is 0.357. The maximum absolute atomic E-state index is 13.1. The van der Waals surface area contributed by atoms with Crippen LogP contribution in [-0.2, 0) is 0 Å². The molecule has 0 bridgehead atoms. The SMILES string of the molecule is O[C@H](CN1CC(n2cccn2)C1)c1cccc(F)c1. The van der Waals surface area contributed by atoms with E-state index in [4.69, 9.17) is 0 Å². The highest BCUT2D eigenvalue weighted by molar-refractivity contribution is 5.19. The molecule has 0 radical (unpaired) electrons. The summed E-state index contributed by atoms with van der Waals surface area (Å²) < 4.78 is 15.0. The van der Waals surface area contributed by atoms with Crippen LogP contribution in [0.15, 0.2) is 42.7 Å². The summed E-state index contributed by atoms with van der Waals surface area (Å²) in [6, 6.07) is 8.43. The third-order valence-corrected chi connectivity index (χ3v) is 3.50. The Balaban J connectivity index is 1.53. The average Bonchev–Trinajstić information content (AvgIpc) is 2.86. The molecule has 1 aliphatic rings. The Morgan fingerprint density at radius 1 is 1.37 bits per heavy atom. The third-order valence-electron chi connectivity index (χ3n) is 3.50. The highest BCUT2D eigenvalue weighted by atomic mass is 19.1. The highest BCUT2D eigenvalue weighted by Crippen LogP contribution is 2.23. The van der Waals surface area contributed by atoms with E-state index < -0.39 is 6.10 Å². The summed E-state index contributed by atoms with van der Waals surface area (Å²) in [6.45, 7) is 2.27. The van der Waals surface area contributed by atoms with Crippen LogP contribution in [-0.4, -0.2) is 39.4 Å². The second-order valence-electron chi connectivity index (χ2n) is 4.93. The Labute approximate surface area is 111 Å². The first-order chi connectivity index (χ1) is 9.22. The molecule has 1 aromatic heterocycles. The van der Waals surface area contributed by atoms with E-state index in [-0.39, 0.29) is 5.82 Å². The van der Waals surface area contributed by atoms with E-state index in [0.717, 1.165) is 13.1 Å². The molecule has 0 aliphatic carbocycles. The zero-order chi connectivity index (χ0) is 13.2. The van der Waals surface area contributed by atoms with Crippen LogP contribution in [0, 0.1) is 5.82 Å². The molecule has 2 aromatic rings. The second-order valence-corrected chi connectivity index (χ2v) is 4.93. The van der Waals surface area contributed by atoms with Crippen molar-refractivity contribution >= 4 is 0 Å². The lowest BCUT2D eigenvalue weighted by Crippen LogP contribution is -2.49. The molecule has 100 valence electrons. The van der Waals surface area contributed by atoms with Gasteiger partial charge in [0, 0.05) is 32.0 Å². The average molecular weight is 261 g/mol. The fourth-order valence-electron chi connectivity index (χ4n) is 2.42. The second kappa shape index (κ2) is 5.11. The van der Waals surface area contributed by atoms with Gasteiger partial charge in [0.15, 0.2) is 0 Å². The van der Waals surface area contributed by atoms with Crippen LogP contribution in [0.25, 0.3) is 0 Å². The maximum atomic E-state index is 13.1. The van der Waals surface area contributed by atoms with E-state index in [1.807, 2.05) is 16.9 Å². The van der Waals surface area contributed by atoms with Crippen LogP contribution >= 0.6 is 0 Å². The molecule has 5 heteroatoms. The zero-order valence-corrected chi connectivity index (χ0v) is 10.5. The first-order valence-electron chi connectivity index (χ1n) is 6.37. The lowest BCUT2D eigenvalue weighted by atomic mass is 10.0. The summed E-state index contributed by atoms with van der Waals surface area (Å²) in [5.74, 6) is -0.311. The summed E-state index contributed by atoms with van der Waals surface area (Å²) in [6.07, 6.45) is 3.07. The van der Waals surface area contributed by atoms with Crippen molar-refractivity contribution < 1.29 is 9.50 Å². The van der Waals surface area contributed by atoms with Gasteiger partial charge < -0.3 is 5.11 Å². The van der Waals surface area contributed by atoms with Crippen LogP contribution in [0.3, 0.4) is 0 Å². The molecule has 1 N–H and O–H groups in total. The molecule has 0 saturated carbocycles. The number of nitrogens with zero attached hydrogens (tertiary/aromatic N) is 3. The van der Waals surface area contributed by atoms with E-state index in [9.17, 15) is 9.50 Å². The van der Waals surface area contributed by atoms with Crippen molar-refractivity contribution in [3.05, 3.63) is 54.1 Å². The van der Waals surface area contributed by atoms with E-state index in [2.05, 4.69) is 10.00 Å². The number of benzene rings is 1. The molecule has 4 nitrogen and oxygen atoms in total. The lowest BCUT2D eigenvalue weighted by Gasteiger charge is -2.40. The first kappa shape index (κ1) is 12.3. The van der Waals surface area contributed by atoms with Gasteiger partial charge in [0.2, 0.25) is 0 Å². The van der Waals surface area contributed by atoms with Crippen molar-refractivity contribution in [2.75, 3.05) is 19.6 Å². The van der Waals surface area contributed by atoms with Crippen molar-refractivity contribution in [3.63, 3.8) is 0 Å². The number of aromatic nitrogens is 2. The largest absolute Gasteiger partial charge is 0.387 e. The molecule has 1 saturated heterocycles. The topological polar surface area (TPSA) is 41.3 Å². The molecule has 0 amide bonds. The van der Waals surface area contributed by atoms with Gasteiger partial charge in [-0.25, -0.2) is 4.39 Å². The number of aliphatic hydroxyl groups is 1. The Hall–Kier alpha value is -1.72. The first-order valence-corrected chi connectivity index (χ1v) is 6.37. The minimum Gasteiger partial charge on any atom is -0.387 e. The summed E-state index contributed by atoms with van der Waals surface area (Å²) in [5, 5.41) is 14.3. The van der Waals surface area contributed by atoms with Gasteiger partial charge in [-0.2, -0.15) is 5.10 Å². The van der Waals surface area contributed by atoms with Gasteiger partial charge >= 0.3 is 0 Å². The summed E-state index contributed by atoms with van der Waals surface area (Å²) >= 11 is 0. The minimum atomic E-state index is -0.644. The van der Waals surface area contributed by atoms with Gasteiger partial charge in [0.1, 0.15) is 5.82 Å². The lowest BCUT2D eigenvalue weighted by molar-refractivity contribution is 0.0400. The number of rotatable bonds is 4. The number of β-amino-alcohol motifs (C(OH)–C–C–N with tert-alkyl or cyclic N) is 1. The van der Waals surface area contributed by atoms with E-state index in [0.29, 0.717) is 18.2 Å². The van der Waals surface area contributed by atoms with Crippen LogP contribution in [0.2, 0.25) is 0 Å². The Kier molecular flexibility index (Phi) is 3.31. The van der Waals surface area contributed by atoms with Crippen LogP contribution in [0.5, 0.6) is 0 Å². The van der Waals surface area contributed by atoms with Crippen LogP contribution in [0.4, 0.5) is 4.39 Å². The Morgan fingerprint density at radius 3 is 2.89 bits per heavy atom. The predicted octanol–water partition coefficient (Wildman–Crippen LogP) is 1.61. The standard InChI is InChI=1S/C14H16FN3O/c15-12-4-1-3-11(7-12)14(19)10-17-8-13(9-17)18-6-2-5-16-18/h1-7,13-14,19H,8-10H2/t14-/m1/s1. The van der Waals surface area contributed by atoms with Crippen molar-refractivity contribution in [2.45, 2.75) is 12.1 Å². The molecule has 1 atom stereocenters. The Bertz CT molecular complexity index is 537. The Morgan fingerprint density at radius 2 is 2.21 bits per heavy atom. The number of hydrogen-bond acceptors (Lipinski definition) is 3. The van der Waals surface area contributed by atoms with Crippen molar-refractivity contribution in [1.82, 2.24) is 14.7 Å². The molecule has 2 heterocycles. The number of aliphatic hydroxyl groups excluding tert-OH is 1. The molecule has 0 spiro atoms. The molecular formula is C14H16FN3O. The number of halogens is 1. The van der Waals surface area contributed by atoms with Gasteiger partial charge in [0.25, 0.3) is 0 Å². The quantitative estimate of drug-likeness (QED) is 0.909. The van der Waals surface area contributed by atoms with Gasteiger partial charge in [-0.05, 0) is 23.8 Å². The summed E-state index contributed by atoms with van der Waals surface area (Å²) in [5.41, 5.74) is 0.627.